The van der Waals surface area contributed by atoms with Crippen LogP contribution in [0, 0.1) is 0 Å². The SMILES string of the molecule is O=Cc1cc(CN2CCOCC2)c(O)c2ccccc12. The van der Waals surface area contributed by atoms with Crippen molar-refractivity contribution in [2.75, 3.05) is 26.3 Å². The number of aromatic hydroxyl groups is 1. The number of fused-ring (bicyclic) bond motifs is 1. The van der Waals surface area contributed by atoms with Crippen LogP contribution in [-0.4, -0.2) is 42.6 Å². The van der Waals surface area contributed by atoms with E-state index in [-0.39, 0.29) is 5.75 Å². The molecule has 0 saturated carbocycles. The number of hydrogen-bond donors (Lipinski definition) is 1. The van der Waals surface area contributed by atoms with Crippen molar-refractivity contribution in [1.82, 2.24) is 4.90 Å². The summed E-state index contributed by atoms with van der Waals surface area (Å²) in [5, 5.41) is 12.0. The molecule has 4 heteroatoms. The van der Waals surface area contributed by atoms with Crippen molar-refractivity contribution in [2.24, 2.45) is 0 Å². The van der Waals surface area contributed by atoms with Gasteiger partial charge in [0.1, 0.15) is 5.75 Å². The average molecular weight is 271 g/mol. The van der Waals surface area contributed by atoms with E-state index < -0.39 is 0 Å². The minimum Gasteiger partial charge on any atom is -0.507 e. The fourth-order valence-corrected chi connectivity index (χ4v) is 2.67. The third kappa shape index (κ3) is 2.40. The van der Waals surface area contributed by atoms with Crippen LogP contribution in [0.1, 0.15) is 15.9 Å². The van der Waals surface area contributed by atoms with Gasteiger partial charge in [-0.2, -0.15) is 0 Å². The molecule has 4 nitrogen and oxygen atoms in total. The van der Waals surface area contributed by atoms with Gasteiger partial charge in [-0.15, -0.1) is 0 Å². The maximum absolute atomic E-state index is 11.3. The highest BCUT2D eigenvalue weighted by Gasteiger charge is 2.16. The van der Waals surface area contributed by atoms with Gasteiger partial charge in [-0.3, -0.25) is 9.69 Å². The molecule has 1 saturated heterocycles. The van der Waals surface area contributed by atoms with E-state index in [9.17, 15) is 9.90 Å². The minimum absolute atomic E-state index is 0.276. The summed E-state index contributed by atoms with van der Waals surface area (Å²) in [5.41, 5.74) is 1.43. The summed E-state index contributed by atoms with van der Waals surface area (Å²) in [6, 6.07) is 9.24. The number of rotatable bonds is 3. The Balaban J connectivity index is 2.01. The van der Waals surface area contributed by atoms with E-state index in [1.54, 1.807) is 6.07 Å². The van der Waals surface area contributed by atoms with Crippen molar-refractivity contribution in [3.8, 4) is 5.75 Å². The van der Waals surface area contributed by atoms with Crippen LogP contribution in [0.15, 0.2) is 30.3 Å². The van der Waals surface area contributed by atoms with Crippen molar-refractivity contribution in [3.05, 3.63) is 41.5 Å². The molecule has 1 N–H and O–H groups in total. The summed E-state index contributed by atoms with van der Waals surface area (Å²) in [6.45, 7) is 3.77. The molecule has 0 radical (unpaired) electrons. The van der Waals surface area contributed by atoms with Crippen molar-refractivity contribution >= 4 is 17.1 Å². The average Bonchev–Trinajstić information content (AvgIpc) is 2.51. The first kappa shape index (κ1) is 13.1. The third-order valence-electron chi connectivity index (χ3n) is 3.75. The van der Waals surface area contributed by atoms with Crippen LogP contribution >= 0.6 is 0 Å². The molecule has 0 spiro atoms. The number of aldehydes is 1. The van der Waals surface area contributed by atoms with Gasteiger partial charge in [0.05, 0.1) is 13.2 Å². The van der Waals surface area contributed by atoms with Crippen LogP contribution < -0.4 is 0 Å². The van der Waals surface area contributed by atoms with E-state index in [1.165, 1.54) is 0 Å². The van der Waals surface area contributed by atoms with Crippen LogP contribution in [0.5, 0.6) is 5.75 Å². The summed E-state index contributed by atoms with van der Waals surface area (Å²) in [7, 11) is 0. The largest absolute Gasteiger partial charge is 0.507 e. The number of ether oxygens (including phenoxy) is 1. The smallest absolute Gasteiger partial charge is 0.150 e. The van der Waals surface area contributed by atoms with E-state index in [0.717, 1.165) is 48.9 Å². The van der Waals surface area contributed by atoms with Crippen LogP contribution in [-0.2, 0) is 11.3 Å². The second-order valence-corrected chi connectivity index (χ2v) is 5.03. The van der Waals surface area contributed by atoms with Gasteiger partial charge in [0.2, 0.25) is 0 Å². The molecule has 1 aliphatic heterocycles. The maximum Gasteiger partial charge on any atom is 0.150 e. The molecule has 20 heavy (non-hydrogen) atoms. The first-order valence-electron chi connectivity index (χ1n) is 6.78. The molecule has 2 aromatic rings. The molecule has 1 heterocycles. The highest BCUT2D eigenvalue weighted by atomic mass is 16.5. The lowest BCUT2D eigenvalue weighted by molar-refractivity contribution is 0.0339. The first-order valence-corrected chi connectivity index (χ1v) is 6.78. The fraction of sp³-hybridized carbons (Fsp3) is 0.312. The number of phenolic OH excluding ortho intramolecular Hbond substituents is 1. The number of morpholine rings is 1. The van der Waals surface area contributed by atoms with Gasteiger partial charge in [0.15, 0.2) is 6.29 Å². The molecular weight excluding hydrogens is 254 g/mol. The maximum atomic E-state index is 11.3. The number of hydrogen-bond acceptors (Lipinski definition) is 4. The van der Waals surface area contributed by atoms with E-state index in [2.05, 4.69) is 4.90 Å². The minimum atomic E-state index is 0.276. The van der Waals surface area contributed by atoms with E-state index in [4.69, 9.17) is 4.74 Å². The summed E-state index contributed by atoms with van der Waals surface area (Å²) in [4.78, 5) is 13.5. The van der Waals surface area contributed by atoms with Gasteiger partial charge in [-0.1, -0.05) is 24.3 Å². The zero-order chi connectivity index (χ0) is 13.9. The lowest BCUT2D eigenvalue weighted by Gasteiger charge is -2.27. The van der Waals surface area contributed by atoms with Gasteiger partial charge in [-0.25, -0.2) is 0 Å². The molecule has 0 aliphatic carbocycles. The second-order valence-electron chi connectivity index (χ2n) is 5.03. The Morgan fingerprint density at radius 1 is 1.20 bits per heavy atom. The molecule has 0 atom stereocenters. The molecule has 0 amide bonds. The Morgan fingerprint density at radius 3 is 2.60 bits per heavy atom. The summed E-state index contributed by atoms with van der Waals surface area (Å²) < 4.78 is 5.32. The molecule has 3 rings (SSSR count). The lowest BCUT2D eigenvalue weighted by Crippen LogP contribution is -2.35. The van der Waals surface area contributed by atoms with Crippen LogP contribution in [0.2, 0.25) is 0 Å². The quantitative estimate of drug-likeness (QED) is 0.869. The number of carbonyl (C=O) groups is 1. The highest BCUT2D eigenvalue weighted by Crippen LogP contribution is 2.32. The number of nitrogens with zero attached hydrogens (tertiary/aromatic N) is 1. The predicted molar refractivity (Wildman–Crippen MR) is 77.1 cm³/mol. The Kier molecular flexibility index (Phi) is 3.67. The number of carbonyl (C=O) groups excluding carboxylic acids is 1. The van der Waals surface area contributed by atoms with Gasteiger partial charge < -0.3 is 9.84 Å². The first-order chi connectivity index (χ1) is 9.79. The van der Waals surface area contributed by atoms with Crippen molar-refractivity contribution in [2.45, 2.75) is 6.54 Å². The standard InChI is InChI=1S/C16H17NO3/c18-11-13-9-12(10-17-5-7-20-8-6-17)16(19)15-4-2-1-3-14(13)15/h1-4,9,11,19H,5-8,10H2. The van der Waals surface area contributed by atoms with Crippen molar-refractivity contribution in [3.63, 3.8) is 0 Å². The zero-order valence-electron chi connectivity index (χ0n) is 11.2. The molecule has 1 fully saturated rings. The summed E-state index contributed by atoms with van der Waals surface area (Å²) in [6.07, 6.45) is 0.852. The fourth-order valence-electron chi connectivity index (χ4n) is 2.67. The van der Waals surface area contributed by atoms with Gasteiger partial charge in [0.25, 0.3) is 0 Å². The van der Waals surface area contributed by atoms with Crippen LogP contribution in [0.3, 0.4) is 0 Å². The van der Waals surface area contributed by atoms with Crippen molar-refractivity contribution in [1.29, 1.82) is 0 Å². The molecule has 2 aromatic carbocycles. The monoisotopic (exact) mass is 271 g/mol. The molecule has 0 aromatic heterocycles. The molecule has 104 valence electrons. The van der Waals surface area contributed by atoms with Gasteiger partial charge in [-0.05, 0) is 11.5 Å². The highest BCUT2D eigenvalue weighted by molar-refractivity contribution is 6.01. The number of benzene rings is 2. The number of phenols is 1. The Hall–Kier alpha value is -1.91. The summed E-state index contributed by atoms with van der Waals surface area (Å²) in [5.74, 6) is 0.276. The normalized spacial score (nSPS) is 16.4. The van der Waals surface area contributed by atoms with Gasteiger partial charge >= 0.3 is 0 Å². The van der Waals surface area contributed by atoms with Crippen LogP contribution in [0.25, 0.3) is 10.8 Å². The zero-order valence-corrected chi connectivity index (χ0v) is 11.2. The van der Waals surface area contributed by atoms with E-state index in [0.29, 0.717) is 12.1 Å². The second kappa shape index (κ2) is 5.61. The van der Waals surface area contributed by atoms with Crippen LogP contribution in [0.4, 0.5) is 0 Å². The summed E-state index contributed by atoms with van der Waals surface area (Å²) >= 11 is 0. The van der Waals surface area contributed by atoms with E-state index in [1.807, 2.05) is 24.3 Å². The molecular formula is C16H17NO3. The van der Waals surface area contributed by atoms with Crippen molar-refractivity contribution < 1.29 is 14.6 Å². The molecule has 0 unspecified atom stereocenters. The van der Waals surface area contributed by atoms with E-state index >= 15 is 0 Å². The Labute approximate surface area is 117 Å². The Morgan fingerprint density at radius 2 is 1.90 bits per heavy atom. The third-order valence-corrected chi connectivity index (χ3v) is 3.75. The predicted octanol–water partition coefficient (Wildman–Crippen LogP) is 2.19. The Bertz CT molecular complexity index is 633. The molecule has 1 aliphatic rings. The van der Waals surface area contributed by atoms with Gasteiger partial charge in [0, 0.05) is 36.1 Å². The molecule has 0 bridgehead atoms. The topological polar surface area (TPSA) is 49.8 Å². The lowest BCUT2D eigenvalue weighted by atomic mass is 9.99.